The van der Waals surface area contributed by atoms with Gasteiger partial charge in [0, 0.05) is 12.8 Å². The molecule has 0 radical (unpaired) electrons. The molecule has 0 atom stereocenters. The molecule has 0 aromatic heterocycles. The molecule has 0 unspecified atom stereocenters. The molecule has 1 fully saturated rings. The van der Waals surface area contributed by atoms with E-state index >= 15 is 0 Å². The van der Waals surface area contributed by atoms with Crippen molar-refractivity contribution in [1.29, 1.82) is 0 Å². The highest BCUT2D eigenvalue weighted by Gasteiger charge is 2.45. The normalized spacial score (nSPS) is 22.7. The lowest BCUT2D eigenvalue weighted by Crippen LogP contribution is -2.48. The van der Waals surface area contributed by atoms with Crippen molar-refractivity contribution < 1.29 is 9.53 Å². The van der Waals surface area contributed by atoms with E-state index in [-0.39, 0.29) is 5.04 Å². The van der Waals surface area contributed by atoms with Gasteiger partial charge in [0.2, 0.25) is 0 Å². The summed E-state index contributed by atoms with van der Waals surface area (Å²) in [6, 6.07) is 0. The molecule has 14 heavy (non-hydrogen) atoms. The van der Waals surface area contributed by atoms with Gasteiger partial charge in [-0.15, -0.1) is 0 Å². The molecule has 0 aliphatic heterocycles. The molecule has 0 saturated heterocycles. The fourth-order valence-electron chi connectivity index (χ4n) is 1.66. The summed E-state index contributed by atoms with van der Waals surface area (Å²) in [6.45, 7) is 11.0. The maximum absolute atomic E-state index is 10.2. The summed E-state index contributed by atoms with van der Waals surface area (Å²) in [5.74, 6) is -0.803. The molecule has 84 valence electrons. The van der Waals surface area contributed by atoms with Crippen molar-refractivity contribution in [3.63, 3.8) is 0 Å². The zero-order valence-corrected chi connectivity index (χ0v) is 11.2. The fraction of sp³-hybridized carbons (Fsp3) is 1.00. The van der Waals surface area contributed by atoms with Gasteiger partial charge in [-0.05, 0) is 31.0 Å². The van der Waals surface area contributed by atoms with Crippen LogP contribution in [0.5, 0.6) is 0 Å². The molecule has 1 N–H and O–H groups in total. The zero-order chi connectivity index (χ0) is 11.0. The summed E-state index contributed by atoms with van der Waals surface area (Å²) < 4.78 is 6.05. The molecule has 0 aromatic carbocycles. The highest BCUT2D eigenvalue weighted by Crippen LogP contribution is 2.42. The van der Waals surface area contributed by atoms with Gasteiger partial charge in [0.15, 0.2) is 14.1 Å². The highest BCUT2D eigenvalue weighted by atomic mass is 28.4. The molecular formula is C11H24O2Si. The summed E-state index contributed by atoms with van der Waals surface area (Å²) in [7, 11) is -1.79. The maximum Gasteiger partial charge on any atom is 0.195 e. The third-order valence-corrected chi connectivity index (χ3v) is 8.14. The van der Waals surface area contributed by atoms with E-state index < -0.39 is 14.1 Å². The van der Waals surface area contributed by atoms with Crippen molar-refractivity contribution in [2.75, 3.05) is 0 Å². The van der Waals surface area contributed by atoms with E-state index in [4.69, 9.17) is 4.43 Å². The van der Waals surface area contributed by atoms with E-state index in [1.54, 1.807) is 0 Å². The van der Waals surface area contributed by atoms with Gasteiger partial charge in [-0.25, -0.2) is 0 Å². The lowest BCUT2D eigenvalue weighted by molar-refractivity contribution is -0.139. The van der Waals surface area contributed by atoms with Crippen LogP contribution >= 0.6 is 0 Å². The quantitative estimate of drug-likeness (QED) is 0.567. The molecule has 0 amide bonds. The van der Waals surface area contributed by atoms with E-state index in [1.165, 1.54) is 0 Å². The number of aliphatic hydroxyl groups is 1. The van der Waals surface area contributed by atoms with Crippen molar-refractivity contribution in [3.8, 4) is 0 Å². The molecule has 2 nitrogen and oxygen atoms in total. The Labute approximate surface area is 88.8 Å². The first-order valence-corrected chi connectivity index (χ1v) is 8.50. The third kappa shape index (κ3) is 2.58. The standard InChI is InChI=1S/C11H24O2Si/c1-10(2,3)14(4,5)13-11(12)8-6-7-9-11/h12H,6-9H2,1-5H3. The fourth-order valence-corrected chi connectivity index (χ4v) is 3.12. The lowest BCUT2D eigenvalue weighted by Gasteiger charge is -2.41. The van der Waals surface area contributed by atoms with Gasteiger partial charge in [-0.3, -0.25) is 0 Å². The van der Waals surface area contributed by atoms with Gasteiger partial charge in [-0.2, -0.15) is 0 Å². The SMILES string of the molecule is CC(C)(C)[Si](C)(C)OC1(O)CCCC1. The van der Waals surface area contributed by atoms with Gasteiger partial charge >= 0.3 is 0 Å². The topological polar surface area (TPSA) is 29.5 Å². The van der Waals surface area contributed by atoms with E-state index in [0.29, 0.717) is 0 Å². The second kappa shape index (κ2) is 3.61. The van der Waals surface area contributed by atoms with Crippen LogP contribution in [0, 0.1) is 0 Å². The molecule has 1 rings (SSSR count). The van der Waals surface area contributed by atoms with Gasteiger partial charge in [0.05, 0.1) is 0 Å². The predicted molar refractivity (Wildman–Crippen MR) is 61.7 cm³/mol. The number of rotatable bonds is 2. The molecular weight excluding hydrogens is 192 g/mol. The summed E-state index contributed by atoms with van der Waals surface area (Å²) in [5, 5.41) is 10.4. The minimum Gasteiger partial charge on any atom is -0.390 e. The minimum atomic E-state index is -1.79. The van der Waals surface area contributed by atoms with Crippen LogP contribution < -0.4 is 0 Å². The first-order chi connectivity index (χ1) is 6.16. The first kappa shape index (κ1) is 12.2. The summed E-state index contributed by atoms with van der Waals surface area (Å²) in [5.41, 5.74) is 0. The van der Waals surface area contributed by atoms with E-state index in [0.717, 1.165) is 25.7 Å². The predicted octanol–water partition coefficient (Wildman–Crippen LogP) is 3.27. The van der Waals surface area contributed by atoms with Crippen LogP contribution in [0.3, 0.4) is 0 Å². The second-order valence-electron chi connectivity index (χ2n) is 6.02. The zero-order valence-electron chi connectivity index (χ0n) is 10.2. The molecule has 0 bridgehead atoms. The summed E-state index contributed by atoms with van der Waals surface area (Å²) in [4.78, 5) is 0. The average molecular weight is 216 g/mol. The molecule has 0 aromatic rings. The Morgan fingerprint density at radius 3 is 1.93 bits per heavy atom. The van der Waals surface area contributed by atoms with Crippen LogP contribution in [0.4, 0.5) is 0 Å². The molecule has 1 aliphatic rings. The average Bonchev–Trinajstić information content (AvgIpc) is 2.31. The largest absolute Gasteiger partial charge is 0.390 e. The van der Waals surface area contributed by atoms with Crippen molar-refractivity contribution in [1.82, 2.24) is 0 Å². The Morgan fingerprint density at radius 1 is 1.14 bits per heavy atom. The van der Waals surface area contributed by atoms with Crippen LogP contribution in [0.2, 0.25) is 18.1 Å². The van der Waals surface area contributed by atoms with Crippen LogP contribution in [0.15, 0.2) is 0 Å². The van der Waals surface area contributed by atoms with Crippen LogP contribution in [0.25, 0.3) is 0 Å². The maximum atomic E-state index is 10.2. The smallest absolute Gasteiger partial charge is 0.195 e. The highest BCUT2D eigenvalue weighted by molar-refractivity contribution is 6.74. The van der Waals surface area contributed by atoms with Gasteiger partial charge < -0.3 is 9.53 Å². The minimum absolute atomic E-state index is 0.186. The van der Waals surface area contributed by atoms with Gasteiger partial charge in [-0.1, -0.05) is 20.8 Å². The Morgan fingerprint density at radius 2 is 1.57 bits per heavy atom. The summed E-state index contributed by atoms with van der Waals surface area (Å²) >= 11 is 0. The Hall–Kier alpha value is 0.137. The van der Waals surface area contributed by atoms with Crippen molar-refractivity contribution >= 4 is 8.32 Å². The van der Waals surface area contributed by atoms with E-state index in [1.807, 2.05) is 0 Å². The summed E-state index contributed by atoms with van der Waals surface area (Å²) in [6.07, 6.45) is 3.84. The first-order valence-electron chi connectivity index (χ1n) is 5.59. The lowest BCUT2D eigenvalue weighted by atomic mass is 10.2. The van der Waals surface area contributed by atoms with Crippen molar-refractivity contribution in [3.05, 3.63) is 0 Å². The molecule has 0 spiro atoms. The Balaban J connectivity index is 2.67. The van der Waals surface area contributed by atoms with Gasteiger partial charge in [0.1, 0.15) is 0 Å². The number of hydrogen-bond acceptors (Lipinski definition) is 2. The van der Waals surface area contributed by atoms with Crippen molar-refractivity contribution in [2.45, 2.75) is 70.4 Å². The van der Waals surface area contributed by atoms with Gasteiger partial charge in [0.25, 0.3) is 0 Å². The molecule has 3 heteroatoms. The Bertz CT molecular complexity index is 200. The van der Waals surface area contributed by atoms with E-state index in [2.05, 4.69) is 33.9 Å². The van der Waals surface area contributed by atoms with Crippen molar-refractivity contribution in [2.24, 2.45) is 0 Å². The van der Waals surface area contributed by atoms with Crippen LogP contribution in [-0.2, 0) is 4.43 Å². The van der Waals surface area contributed by atoms with E-state index in [9.17, 15) is 5.11 Å². The molecule has 0 heterocycles. The molecule has 1 aliphatic carbocycles. The van der Waals surface area contributed by atoms with Crippen LogP contribution in [0.1, 0.15) is 46.5 Å². The monoisotopic (exact) mass is 216 g/mol. The third-order valence-electron chi connectivity index (χ3n) is 3.64. The van der Waals surface area contributed by atoms with Crippen LogP contribution in [-0.4, -0.2) is 19.2 Å². The molecule has 1 saturated carbocycles. The number of hydrogen-bond donors (Lipinski definition) is 1. The Kier molecular flexibility index (Phi) is 3.15. The second-order valence-corrected chi connectivity index (χ2v) is 10.7.